The van der Waals surface area contributed by atoms with Crippen molar-refractivity contribution in [1.82, 2.24) is 19.5 Å². The number of imidazole rings is 1. The Kier molecular flexibility index (Phi) is 8.03. The molecule has 1 saturated carbocycles. The molecule has 0 bridgehead atoms. The lowest BCUT2D eigenvalue weighted by molar-refractivity contribution is -0.147. The summed E-state index contributed by atoms with van der Waals surface area (Å²) in [7, 11) is 1.61. The molecule has 0 saturated heterocycles. The number of halogens is 2. The molecule has 0 unspecified atom stereocenters. The van der Waals surface area contributed by atoms with E-state index in [1.165, 1.54) is 6.33 Å². The molecule has 0 atom stereocenters. The van der Waals surface area contributed by atoms with Gasteiger partial charge in [-0.25, -0.2) is 9.97 Å². The lowest BCUT2D eigenvalue weighted by atomic mass is 9.88. The van der Waals surface area contributed by atoms with Crippen molar-refractivity contribution < 1.29 is 24.1 Å². The number of rotatable bonds is 12. The Morgan fingerprint density at radius 2 is 1.93 bits per heavy atom. The normalized spacial score (nSPS) is 14.2. The van der Waals surface area contributed by atoms with Gasteiger partial charge < -0.3 is 23.9 Å². The van der Waals surface area contributed by atoms with Crippen LogP contribution in [0.25, 0.3) is 22.6 Å². The standard InChI is InChI=1S/C30H32Cl2N4O5/c1-29(2,28(37)38)10-5-13-40-20-7-8-21(22(32)15-20)25-35-24-26(33-17-34-27(24)41-30(3)11-12-30)36(25)16-18-14-19(31)6-9-23(18)39-4/h6-9,14-15,17H,5,10-13,16H2,1-4H3,(H,37,38). The van der Waals surface area contributed by atoms with Crippen molar-refractivity contribution in [3.8, 4) is 28.8 Å². The third kappa shape index (κ3) is 6.36. The fraction of sp³-hybridized carbons (Fsp3) is 0.400. The largest absolute Gasteiger partial charge is 0.496 e. The number of aliphatic carboxylic acids is 1. The summed E-state index contributed by atoms with van der Waals surface area (Å²) in [5.74, 6) is 1.44. The number of carboxylic acid groups (broad SMARTS) is 1. The van der Waals surface area contributed by atoms with Crippen molar-refractivity contribution in [3.05, 3.63) is 58.3 Å². The minimum atomic E-state index is -0.826. The van der Waals surface area contributed by atoms with Crippen LogP contribution in [0.3, 0.4) is 0 Å². The van der Waals surface area contributed by atoms with E-state index in [4.69, 9.17) is 42.4 Å². The maximum atomic E-state index is 11.4. The second-order valence-corrected chi connectivity index (χ2v) is 12.0. The van der Waals surface area contributed by atoms with Crippen LogP contribution in [0.1, 0.15) is 52.0 Å². The van der Waals surface area contributed by atoms with Crippen LogP contribution in [0.4, 0.5) is 0 Å². The van der Waals surface area contributed by atoms with Gasteiger partial charge in [-0.1, -0.05) is 23.2 Å². The molecular formula is C30H32Cl2N4O5. The Morgan fingerprint density at radius 1 is 1.15 bits per heavy atom. The van der Waals surface area contributed by atoms with Gasteiger partial charge in [0, 0.05) is 16.1 Å². The first kappa shape index (κ1) is 29.0. The highest BCUT2D eigenvalue weighted by Gasteiger charge is 2.41. The molecule has 1 N–H and O–H groups in total. The average molecular weight is 600 g/mol. The van der Waals surface area contributed by atoms with Gasteiger partial charge in [0.05, 0.1) is 30.7 Å². The molecule has 1 aliphatic carbocycles. The molecule has 4 aromatic rings. The molecule has 41 heavy (non-hydrogen) atoms. The van der Waals surface area contributed by atoms with Gasteiger partial charge >= 0.3 is 5.97 Å². The summed E-state index contributed by atoms with van der Waals surface area (Å²) in [6.07, 6.45) is 4.47. The average Bonchev–Trinajstić information content (AvgIpc) is 3.54. The van der Waals surface area contributed by atoms with Crippen LogP contribution < -0.4 is 14.2 Å². The summed E-state index contributed by atoms with van der Waals surface area (Å²) >= 11 is 13.1. The van der Waals surface area contributed by atoms with E-state index >= 15 is 0 Å². The quantitative estimate of drug-likeness (QED) is 0.173. The Balaban J connectivity index is 1.49. The van der Waals surface area contributed by atoms with Crippen LogP contribution in [0.5, 0.6) is 17.4 Å². The number of fused-ring (bicyclic) bond motifs is 1. The summed E-state index contributed by atoms with van der Waals surface area (Å²) < 4.78 is 19.7. The first-order chi connectivity index (χ1) is 19.5. The fourth-order valence-corrected chi connectivity index (χ4v) is 4.93. The van der Waals surface area contributed by atoms with Crippen molar-refractivity contribution in [3.63, 3.8) is 0 Å². The summed E-state index contributed by atoms with van der Waals surface area (Å²) in [4.78, 5) is 25.3. The van der Waals surface area contributed by atoms with Gasteiger partial charge in [0.25, 0.3) is 0 Å². The number of hydrogen-bond donors (Lipinski definition) is 1. The highest BCUT2D eigenvalue weighted by atomic mass is 35.5. The molecule has 2 aromatic heterocycles. The zero-order valence-electron chi connectivity index (χ0n) is 23.4. The first-order valence-electron chi connectivity index (χ1n) is 13.4. The van der Waals surface area contributed by atoms with Gasteiger partial charge in [-0.2, -0.15) is 4.98 Å². The van der Waals surface area contributed by atoms with E-state index in [0.29, 0.717) is 76.0 Å². The molecule has 2 aromatic carbocycles. The van der Waals surface area contributed by atoms with Crippen LogP contribution in [-0.4, -0.2) is 49.9 Å². The molecule has 1 aliphatic rings. The van der Waals surface area contributed by atoms with Crippen molar-refractivity contribution >= 4 is 40.3 Å². The van der Waals surface area contributed by atoms with Crippen molar-refractivity contribution in [1.29, 1.82) is 0 Å². The van der Waals surface area contributed by atoms with Crippen LogP contribution in [-0.2, 0) is 11.3 Å². The Morgan fingerprint density at radius 3 is 2.61 bits per heavy atom. The fourth-order valence-electron chi connectivity index (χ4n) is 4.48. The van der Waals surface area contributed by atoms with Gasteiger partial charge in [0.2, 0.25) is 5.88 Å². The summed E-state index contributed by atoms with van der Waals surface area (Å²) in [6, 6.07) is 10.9. The van der Waals surface area contributed by atoms with E-state index < -0.39 is 11.4 Å². The summed E-state index contributed by atoms with van der Waals surface area (Å²) in [5, 5.41) is 10.3. The van der Waals surface area contributed by atoms with Gasteiger partial charge in [-0.15, -0.1) is 0 Å². The Labute approximate surface area is 248 Å². The van der Waals surface area contributed by atoms with E-state index in [1.54, 1.807) is 33.1 Å². The highest BCUT2D eigenvalue weighted by molar-refractivity contribution is 6.33. The molecule has 0 spiro atoms. The Hall–Kier alpha value is -3.56. The number of benzene rings is 2. The van der Waals surface area contributed by atoms with Gasteiger partial charge in [-0.3, -0.25) is 4.79 Å². The van der Waals surface area contributed by atoms with E-state index in [-0.39, 0.29) is 5.60 Å². The minimum absolute atomic E-state index is 0.252. The predicted octanol–water partition coefficient (Wildman–Crippen LogP) is 7.06. The number of ether oxygens (including phenoxy) is 3. The summed E-state index contributed by atoms with van der Waals surface area (Å²) in [5.41, 5.74) is 1.59. The molecule has 2 heterocycles. The van der Waals surface area contributed by atoms with Crippen LogP contribution in [0.2, 0.25) is 10.0 Å². The van der Waals surface area contributed by atoms with Gasteiger partial charge in [0.1, 0.15) is 29.3 Å². The van der Waals surface area contributed by atoms with Crippen molar-refractivity contribution in [2.24, 2.45) is 5.41 Å². The highest BCUT2D eigenvalue weighted by Crippen LogP contribution is 2.41. The molecule has 0 amide bonds. The van der Waals surface area contributed by atoms with Crippen LogP contribution in [0, 0.1) is 5.41 Å². The van der Waals surface area contributed by atoms with Gasteiger partial charge in [-0.05, 0) is 82.9 Å². The zero-order valence-corrected chi connectivity index (χ0v) is 24.9. The van der Waals surface area contributed by atoms with Crippen molar-refractivity contribution in [2.75, 3.05) is 13.7 Å². The van der Waals surface area contributed by atoms with Crippen molar-refractivity contribution in [2.45, 2.75) is 58.6 Å². The molecule has 1 fully saturated rings. The lowest BCUT2D eigenvalue weighted by Gasteiger charge is -2.18. The monoisotopic (exact) mass is 598 g/mol. The number of nitrogens with zero attached hydrogens (tertiary/aromatic N) is 4. The molecule has 5 rings (SSSR count). The second kappa shape index (κ2) is 11.4. The maximum Gasteiger partial charge on any atom is 0.309 e. The third-order valence-corrected chi connectivity index (χ3v) is 7.89. The number of carbonyl (C=O) groups is 1. The molecule has 9 nitrogen and oxygen atoms in total. The molecule has 0 radical (unpaired) electrons. The maximum absolute atomic E-state index is 11.4. The van der Waals surface area contributed by atoms with Crippen LogP contribution >= 0.6 is 23.2 Å². The van der Waals surface area contributed by atoms with Gasteiger partial charge in [0.15, 0.2) is 11.2 Å². The van der Waals surface area contributed by atoms with Crippen LogP contribution in [0.15, 0.2) is 42.7 Å². The van der Waals surface area contributed by atoms with E-state index in [1.807, 2.05) is 35.8 Å². The van der Waals surface area contributed by atoms with E-state index in [0.717, 1.165) is 18.4 Å². The molecule has 216 valence electrons. The van der Waals surface area contributed by atoms with E-state index in [2.05, 4.69) is 9.97 Å². The molecule has 11 heteroatoms. The second-order valence-electron chi connectivity index (χ2n) is 11.2. The topological polar surface area (TPSA) is 109 Å². The number of carboxylic acids is 1. The van der Waals surface area contributed by atoms with E-state index in [9.17, 15) is 9.90 Å². The third-order valence-electron chi connectivity index (χ3n) is 7.34. The first-order valence-corrected chi connectivity index (χ1v) is 14.1. The zero-order chi connectivity index (χ0) is 29.4. The molecule has 0 aliphatic heterocycles. The smallest absolute Gasteiger partial charge is 0.309 e. The minimum Gasteiger partial charge on any atom is -0.496 e. The number of hydrogen-bond acceptors (Lipinski definition) is 7. The molecular weight excluding hydrogens is 567 g/mol. The number of aromatic nitrogens is 4. The number of methoxy groups -OCH3 is 1. The SMILES string of the molecule is COc1ccc(Cl)cc1Cn1c(-c2ccc(OCCCC(C)(C)C(=O)O)cc2Cl)nc2c(OC3(C)CC3)ncnc21. The lowest BCUT2D eigenvalue weighted by Crippen LogP contribution is -2.24. The Bertz CT molecular complexity index is 1600. The predicted molar refractivity (Wildman–Crippen MR) is 157 cm³/mol. The summed E-state index contributed by atoms with van der Waals surface area (Å²) in [6.45, 7) is 6.19.